The van der Waals surface area contributed by atoms with Gasteiger partial charge >= 0.3 is 12.4 Å². The van der Waals surface area contributed by atoms with Gasteiger partial charge in [-0.1, -0.05) is 36.4 Å². The largest absolute Gasteiger partial charge is 0.467 e. The fourth-order valence-electron chi connectivity index (χ4n) is 3.54. The SMILES string of the molecule is OCC(c1occ2ccccc12)c1cc(C(F)(F)F)nc2c(C(F)(F)F)cccc12. The number of furan rings is 1. The van der Waals surface area contributed by atoms with E-state index >= 15 is 0 Å². The predicted molar refractivity (Wildman–Crippen MR) is 96.9 cm³/mol. The lowest BCUT2D eigenvalue weighted by molar-refractivity contribution is -0.142. The van der Waals surface area contributed by atoms with Crippen LogP contribution < -0.4 is 0 Å². The second-order valence-corrected chi connectivity index (χ2v) is 6.72. The molecule has 2 heterocycles. The minimum atomic E-state index is -4.98. The number of para-hydroxylation sites is 1. The van der Waals surface area contributed by atoms with Crippen LogP contribution in [0.5, 0.6) is 0 Å². The second-order valence-electron chi connectivity index (χ2n) is 6.72. The molecule has 0 saturated heterocycles. The van der Waals surface area contributed by atoms with Gasteiger partial charge in [0.25, 0.3) is 0 Å². The van der Waals surface area contributed by atoms with Crippen molar-refractivity contribution in [1.29, 1.82) is 0 Å². The lowest BCUT2D eigenvalue weighted by Crippen LogP contribution is -2.15. The standard InChI is InChI=1S/C21H13F6NO2/c22-20(23,24)16-7-3-6-13-14(8-17(21(25,26)27)28-18(13)16)15(9-29)19-12-5-2-1-4-11(12)10-30-19/h1-8,10,15,29H,9H2. The maximum atomic E-state index is 13.5. The van der Waals surface area contributed by atoms with Crippen LogP contribution in [0.2, 0.25) is 0 Å². The van der Waals surface area contributed by atoms with E-state index in [0.29, 0.717) is 22.9 Å². The number of hydrogen-bond donors (Lipinski definition) is 1. The molecule has 0 aliphatic rings. The summed E-state index contributed by atoms with van der Waals surface area (Å²) in [5.74, 6) is -0.967. The van der Waals surface area contributed by atoms with Gasteiger partial charge in [-0.15, -0.1) is 0 Å². The van der Waals surface area contributed by atoms with E-state index in [9.17, 15) is 31.4 Å². The molecular formula is C21H13F6NO2. The van der Waals surface area contributed by atoms with E-state index in [1.54, 1.807) is 24.3 Å². The van der Waals surface area contributed by atoms with Gasteiger partial charge < -0.3 is 9.52 Å². The Morgan fingerprint density at radius 2 is 1.60 bits per heavy atom. The first-order chi connectivity index (χ1) is 14.1. The molecule has 1 N–H and O–H groups in total. The number of hydrogen-bond acceptors (Lipinski definition) is 3. The summed E-state index contributed by atoms with van der Waals surface area (Å²) in [5, 5.41) is 11.1. The second kappa shape index (κ2) is 7.02. The van der Waals surface area contributed by atoms with Gasteiger partial charge in [-0.2, -0.15) is 26.3 Å². The van der Waals surface area contributed by atoms with E-state index in [2.05, 4.69) is 4.98 Å². The van der Waals surface area contributed by atoms with Gasteiger partial charge in [0.05, 0.1) is 29.9 Å². The Balaban J connectivity index is 2.06. The van der Waals surface area contributed by atoms with Crippen LogP contribution >= 0.6 is 0 Å². The first kappa shape index (κ1) is 20.2. The summed E-state index contributed by atoms with van der Waals surface area (Å²) < 4.78 is 86.2. The third kappa shape index (κ3) is 3.39. The van der Waals surface area contributed by atoms with Crippen LogP contribution in [0.15, 0.2) is 59.2 Å². The summed E-state index contributed by atoms with van der Waals surface area (Å²) in [6.07, 6.45) is -8.50. The molecule has 3 nitrogen and oxygen atoms in total. The first-order valence-corrected chi connectivity index (χ1v) is 8.76. The maximum absolute atomic E-state index is 13.5. The van der Waals surface area contributed by atoms with E-state index < -0.39 is 41.7 Å². The summed E-state index contributed by atoms with van der Waals surface area (Å²) in [4.78, 5) is 3.28. The molecule has 0 bridgehead atoms. The normalized spacial score (nSPS) is 13.8. The number of fused-ring (bicyclic) bond motifs is 2. The zero-order chi connectivity index (χ0) is 21.7. The number of aliphatic hydroxyl groups is 1. The van der Waals surface area contributed by atoms with Crippen LogP contribution in [-0.4, -0.2) is 16.7 Å². The number of nitrogens with zero attached hydrogens (tertiary/aromatic N) is 1. The van der Waals surface area contributed by atoms with Crippen LogP contribution in [0.25, 0.3) is 21.7 Å². The van der Waals surface area contributed by atoms with Crippen molar-refractivity contribution in [3.8, 4) is 0 Å². The van der Waals surface area contributed by atoms with E-state index in [1.807, 2.05) is 0 Å². The molecule has 9 heteroatoms. The van der Waals surface area contributed by atoms with Crippen molar-refractivity contribution in [1.82, 2.24) is 4.98 Å². The Morgan fingerprint density at radius 3 is 2.27 bits per heavy atom. The summed E-state index contributed by atoms with van der Waals surface area (Å²) in [5.41, 5.74) is -3.74. The molecule has 0 aliphatic carbocycles. The lowest BCUT2D eigenvalue weighted by Gasteiger charge is -2.19. The van der Waals surface area contributed by atoms with Crippen molar-refractivity contribution >= 4 is 21.7 Å². The van der Waals surface area contributed by atoms with Gasteiger partial charge in [0.1, 0.15) is 11.5 Å². The van der Waals surface area contributed by atoms with Crippen molar-refractivity contribution in [3.05, 3.63) is 77.4 Å². The Labute approximate surface area is 165 Å². The number of rotatable bonds is 3. The van der Waals surface area contributed by atoms with Crippen LogP contribution in [0, 0.1) is 0 Å². The lowest BCUT2D eigenvalue weighted by atomic mass is 9.90. The third-order valence-corrected chi connectivity index (χ3v) is 4.88. The fraction of sp³-hybridized carbons (Fsp3) is 0.190. The molecule has 0 fully saturated rings. The summed E-state index contributed by atoms with van der Waals surface area (Å²) >= 11 is 0. The molecule has 30 heavy (non-hydrogen) atoms. The van der Waals surface area contributed by atoms with E-state index in [4.69, 9.17) is 4.42 Å². The van der Waals surface area contributed by atoms with Crippen molar-refractivity contribution in [2.24, 2.45) is 0 Å². The highest BCUT2D eigenvalue weighted by molar-refractivity contribution is 5.89. The molecule has 2 aromatic carbocycles. The van der Waals surface area contributed by atoms with Crippen LogP contribution in [0.1, 0.15) is 28.5 Å². The van der Waals surface area contributed by atoms with E-state index in [-0.39, 0.29) is 16.7 Å². The van der Waals surface area contributed by atoms with Gasteiger partial charge in [0.15, 0.2) is 0 Å². The number of aliphatic hydroxyl groups excluding tert-OH is 1. The van der Waals surface area contributed by atoms with Gasteiger partial charge in [0, 0.05) is 16.2 Å². The number of pyridine rings is 1. The zero-order valence-electron chi connectivity index (χ0n) is 15.1. The Bertz CT molecular complexity index is 1230. The molecule has 0 amide bonds. The average Bonchev–Trinajstić information content (AvgIpc) is 3.10. The van der Waals surface area contributed by atoms with Gasteiger partial charge in [-0.05, 0) is 17.7 Å². The minimum absolute atomic E-state index is 0.141. The van der Waals surface area contributed by atoms with Crippen molar-refractivity contribution in [3.63, 3.8) is 0 Å². The fourth-order valence-corrected chi connectivity index (χ4v) is 3.54. The molecule has 2 aromatic heterocycles. The van der Waals surface area contributed by atoms with Gasteiger partial charge in [0.2, 0.25) is 0 Å². The summed E-state index contributed by atoms with van der Waals surface area (Å²) in [6.45, 7) is -0.676. The summed E-state index contributed by atoms with van der Waals surface area (Å²) in [7, 11) is 0. The highest BCUT2D eigenvalue weighted by Crippen LogP contribution is 2.41. The van der Waals surface area contributed by atoms with Crippen molar-refractivity contribution < 1.29 is 35.9 Å². The molecule has 1 unspecified atom stereocenters. The number of benzene rings is 2. The van der Waals surface area contributed by atoms with Gasteiger partial charge in [-0.3, -0.25) is 0 Å². The molecule has 0 spiro atoms. The van der Waals surface area contributed by atoms with Crippen molar-refractivity contribution in [2.75, 3.05) is 6.61 Å². The van der Waals surface area contributed by atoms with Gasteiger partial charge in [-0.25, -0.2) is 4.98 Å². The molecule has 4 aromatic rings. The van der Waals surface area contributed by atoms with Crippen molar-refractivity contribution in [2.45, 2.75) is 18.3 Å². The molecule has 1 atom stereocenters. The molecular weight excluding hydrogens is 412 g/mol. The van der Waals surface area contributed by atoms with Crippen LogP contribution in [0.3, 0.4) is 0 Å². The first-order valence-electron chi connectivity index (χ1n) is 8.76. The molecule has 4 rings (SSSR count). The molecule has 156 valence electrons. The molecule has 0 radical (unpaired) electrons. The minimum Gasteiger partial charge on any atom is -0.467 e. The van der Waals surface area contributed by atoms with Crippen LogP contribution in [-0.2, 0) is 12.4 Å². The average molecular weight is 425 g/mol. The quantitative estimate of drug-likeness (QED) is 0.401. The van der Waals surface area contributed by atoms with E-state index in [0.717, 1.165) is 6.07 Å². The Hall–Kier alpha value is -3.07. The highest BCUT2D eigenvalue weighted by atomic mass is 19.4. The Kier molecular flexibility index (Phi) is 4.73. The summed E-state index contributed by atoms with van der Waals surface area (Å²) in [6, 6.07) is 10.5. The third-order valence-electron chi connectivity index (χ3n) is 4.88. The number of halogens is 6. The maximum Gasteiger partial charge on any atom is 0.433 e. The zero-order valence-corrected chi connectivity index (χ0v) is 15.1. The number of alkyl halides is 6. The molecule has 0 aliphatic heterocycles. The Morgan fingerprint density at radius 1 is 0.900 bits per heavy atom. The topological polar surface area (TPSA) is 46.3 Å². The van der Waals surface area contributed by atoms with Crippen LogP contribution in [0.4, 0.5) is 26.3 Å². The molecule has 0 saturated carbocycles. The highest BCUT2D eigenvalue weighted by Gasteiger charge is 2.38. The monoisotopic (exact) mass is 425 g/mol. The van der Waals surface area contributed by atoms with E-state index in [1.165, 1.54) is 12.3 Å². The smallest absolute Gasteiger partial charge is 0.433 e. The predicted octanol–water partition coefficient (Wildman–Crippen LogP) is 6.14. The number of aromatic nitrogens is 1.